The van der Waals surface area contributed by atoms with E-state index < -0.39 is 5.82 Å². The van der Waals surface area contributed by atoms with Crippen molar-refractivity contribution in [2.45, 2.75) is 26.9 Å². The van der Waals surface area contributed by atoms with Gasteiger partial charge in [0.15, 0.2) is 0 Å². The Balaban J connectivity index is 1.75. The Morgan fingerprint density at radius 2 is 1.93 bits per heavy atom. The number of anilines is 1. The van der Waals surface area contributed by atoms with Crippen LogP contribution in [-0.2, 0) is 13.1 Å². The first-order valence-corrected chi connectivity index (χ1v) is 10.1. The number of carbonyl (C=O) groups excluding carboxylic acids is 1. The summed E-state index contributed by atoms with van der Waals surface area (Å²) in [4.78, 5) is 14.6. The van der Waals surface area contributed by atoms with Crippen LogP contribution < -0.4 is 5.32 Å². The summed E-state index contributed by atoms with van der Waals surface area (Å²) in [5.74, 6) is -0.567. The Kier molecular flexibility index (Phi) is 7.11. The van der Waals surface area contributed by atoms with Gasteiger partial charge in [-0.3, -0.25) is 0 Å². The zero-order chi connectivity index (χ0) is 21.7. The van der Waals surface area contributed by atoms with Gasteiger partial charge in [-0.25, -0.2) is 13.6 Å². The number of rotatable bonds is 7. The van der Waals surface area contributed by atoms with Crippen molar-refractivity contribution in [2.75, 3.05) is 11.9 Å². The van der Waals surface area contributed by atoms with Crippen LogP contribution in [-0.4, -0.2) is 22.0 Å². The number of nitrogens with one attached hydrogen (secondary N) is 1. The van der Waals surface area contributed by atoms with Crippen LogP contribution in [0.2, 0.25) is 5.02 Å². The summed E-state index contributed by atoms with van der Waals surface area (Å²) in [5.41, 5.74) is 2.19. The van der Waals surface area contributed by atoms with Crippen LogP contribution in [0.5, 0.6) is 0 Å². The van der Waals surface area contributed by atoms with Crippen molar-refractivity contribution in [3.8, 4) is 0 Å². The fourth-order valence-corrected chi connectivity index (χ4v) is 3.39. The summed E-state index contributed by atoms with van der Waals surface area (Å²) < 4.78 is 28.9. The molecule has 7 heteroatoms. The second-order valence-electron chi connectivity index (χ2n) is 7.59. The Morgan fingerprint density at radius 1 is 1.13 bits per heavy atom. The van der Waals surface area contributed by atoms with Crippen molar-refractivity contribution in [3.63, 3.8) is 0 Å². The van der Waals surface area contributed by atoms with Crippen LogP contribution in [0.25, 0.3) is 0 Å². The minimum absolute atomic E-state index is 0.0489. The summed E-state index contributed by atoms with van der Waals surface area (Å²) in [5, 5.41) is 2.73. The fourth-order valence-electron chi connectivity index (χ4n) is 3.21. The number of halogens is 3. The molecule has 2 amide bonds. The number of hydrogen-bond acceptors (Lipinski definition) is 1. The van der Waals surface area contributed by atoms with Crippen molar-refractivity contribution in [1.29, 1.82) is 0 Å². The number of nitrogens with zero attached hydrogens (tertiary/aromatic N) is 2. The molecule has 158 valence electrons. The predicted octanol–water partition coefficient (Wildman–Crippen LogP) is 6.16. The van der Waals surface area contributed by atoms with E-state index in [1.54, 1.807) is 11.0 Å². The van der Waals surface area contributed by atoms with Gasteiger partial charge in [0.2, 0.25) is 0 Å². The summed E-state index contributed by atoms with van der Waals surface area (Å²) in [6.07, 6.45) is 1.91. The molecule has 0 unspecified atom stereocenters. The zero-order valence-electron chi connectivity index (χ0n) is 16.9. The van der Waals surface area contributed by atoms with E-state index in [1.165, 1.54) is 30.3 Å². The molecule has 1 N–H and O–H groups in total. The molecule has 0 aliphatic carbocycles. The van der Waals surface area contributed by atoms with E-state index in [0.717, 1.165) is 11.3 Å². The van der Waals surface area contributed by atoms with Crippen molar-refractivity contribution in [2.24, 2.45) is 5.92 Å². The van der Waals surface area contributed by atoms with Crippen molar-refractivity contribution >= 4 is 23.3 Å². The Labute approximate surface area is 180 Å². The van der Waals surface area contributed by atoms with Gasteiger partial charge in [-0.1, -0.05) is 37.6 Å². The second-order valence-corrected chi connectivity index (χ2v) is 8.00. The number of hydrogen-bond donors (Lipinski definition) is 1. The molecule has 0 aliphatic rings. The predicted molar refractivity (Wildman–Crippen MR) is 116 cm³/mol. The lowest BCUT2D eigenvalue weighted by Crippen LogP contribution is -2.37. The summed E-state index contributed by atoms with van der Waals surface area (Å²) in [6, 6.07) is 14.1. The second kappa shape index (κ2) is 9.76. The normalized spacial score (nSPS) is 11.0. The average molecular weight is 432 g/mol. The summed E-state index contributed by atoms with van der Waals surface area (Å²) >= 11 is 5.82. The van der Waals surface area contributed by atoms with E-state index >= 15 is 0 Å². The van der Waals surface area contributed by atoms with Crippen LogP contribution in [0.1, 0.15) is 25.1 Å². The van der Waals surface area contributed by atoms with Gasteiger partial charge in [0.05, 0.1) is 11.6 Å². The molecule has 0 radical (unpaired) electrons. The summed E-state index contributed by atoms with van der Waals surface area (Å²) in [6.45, 7) is 5.47. The van der Waals surface area contributed by atoms with Crippen molar-refractivity contribution in [3.05, 3.63) is 88.7 Å². The Morgan fingerprint density at radius 3 is 2.63 bits per heavy atom. The van der Waals surface area contributed by atoms with Gasteiger partial charge in [-0.15, -0.1) is 0 Å². The highest BCUT2D eigenvalue weighted by Gasteiger charge is 2.18. The number of carbonyl (C=O) groups is 1. The summed E-state index contributed by atoms with van der Waals surface area (Å²) in [7, 11) is 0. The van der Waals surface area contributed by atoms with Gasteiger partial charge >= 0.3 is 6.03 Å². The van der Waals surface area contributed by atoms with Gasteiger partial charge < -0.3 is 14.8 Å². The molecule has 3 rings (SSSR count). The highest BCUT2D eigenvalue weighted by atomic mass is 35.5. The third kappa shape index (κ3) is 5.83. The third-order valence-electron chi connectivity index (χ3n) is 4.56. The van der Waals surface area contributed by atoms with Crippen LogP contribution in [0.3, 0.4) is 0 Å². The molecule has 0 fully saturated rings. The molecule has 2 aromatic carbocycles. The Bertz CT molecular complexity index is 1020. The first-order chi connectivity index (χ1) is 14.3. The van der Waals surface area contributed by atoms with Crippen molar-refractivity contribution < 1.29 is 13.6 Å². The number of benzene rings is 2. The molecule has 0 bridgehead atoms. The molecule has 0 saturated heterocycles. The molecule has 0 spiro atoms. The van der Waals surface area contributed by atoms with Gasteiger partial charge in [0.25, 0.3) is 0 Å². The van der Waals surface area contributed by atoms with Crippen molar-refractivity contribution in [1.82, 2.24) is 9.47 Å². The Hall–Kier alpha value is -2.86. The molecule has 3 aromatic rings. The monoisotopic (exact) mass is 431 g/mol. The highest BCUT2D eigenvalue weighted by molar-refractivity contribution is 6.31. The van der Waals surface area contributed by atoms with Crippen LogP contribution in [0.15, 0.2) is 60.8 Å². The number of amides is 2. The molecule has 1 aromatic heterocycles. The standard InChI is InChI=1S/C23H24ClF2N3O/c1-16(2)13-29(23(30)27-19-8-9-22(26)21(24)12-19)15-20-7-4-10-28(20)14-17-5-3-6-18(25)11-17/h3-12,16H,13-15H2,1-2H3,(H,27,30). The minimum atomic E-state index is -0.538. The van der Waals surface area contributed by atoms with E-state index in [-0.39, 0.29) is 22.8 Å². The quantitative estimate of drug-likeness (QED) is 0.478. The average Bonchev–Trinajstić information content (AvgIpc) is 3.10. The topological polar surface area (TPSA) is 37.3 Å². The molecule has 0 atom stereocenters. The smallest absolute Gasteiger partial charge is 0.322 e. The van der Waals surface area contributed by atoms with E-state index in [2.05, 4.69) is 5.32 Å². The van der Waals surface area contributed by atoms with E-state index in [1.807, 2.05) is 42.8 Å². The molecule has 1 heterocycles. The SMILES string of the molecule is CC(C)CN(Cc1cccn1Cc1cccc(F)c1)C(=O)Nc1ccc(F)c(Cl)c1. The first kappa shape index (κ1) is 21.8. The minimum Gasteiger partial charge on any atom is -0.345 e. The molecule has 0 aliphatic heterocycles. The van der Waals surface area contributed by atoms with Crippen LogP contribution in [0.4, 0.5) is 19.3 Å². The van der Waals surface area contributed by atoms with Gasteiger partial charge in [0, 0.05) is 30.7 Å². The van der Waals surface area contributed by atoms with Gasteiger partial charge in [-0.05, 0) is 53.9 Å². The lowest BCUT2D eigenvalue weighted by atomic mass is 10.2. The zero-order valence-corrected chi connectivity index (χ0v) is 17.7. The van der Waals surface area contributed by atoms with Gasteiger partial charge in [0.1, 0.15) is 11.6 Å². The lowest BCUT2D eigenvalue weighted by molar-refractivity contribution is 0.200. The molecule has 4 nitrogen and oxygen atoms in total. The van der Waals surface area contributed by atoms with E-state index in [9.17, 15) is 13.6 Å². The maximum Gasteiger partial charge on any atom is 0.322 e. The third-order valence-corrected chi connectivity index (χ3v) is 4.85. The number of aromatic nitrogens is 1. The highest BCUT2D eigenvalue weighted by Crippen LogP contribution is 2.20. The lowest BCUT2D eigenvalue weighted by Gasteiger charge is -2.26. The van der Waals surface area contributed by atoms with E-state index in [4.69, 9.17) is 11.6 Å². The molecule has 0 saturated carbocycles. The molecular formula is C23H24ClF2N3O. The molecule has 30 heavy (non-hydrogen) atoms. The first-order valence-electron chi connectivity index (χ1n) is 9.71. The number of urea groups is 1. The van der Waals surface area contributed by atoms with E-state index in [0.29, 0.717) is 25.3 Å². The van der Waals surface area contributed by atoms with Crippen LogP contribution in [0, 0.1) is 17.6 Å². The molecular weight excluding hydrogens is 408 g/mol. The van der Waals surface area contributed by atoms with Crippen LogP contribution >= 0.6 is 11.6 Å². The fraction of sp³-hybridized carbons (Fsp3) is 0.261. The maximum atomic E-state index is 13.5. The van der Waals surface area contributed by atoms with Gasteiger partial charge in [-0.2, -0.15) is 0 Å². The maximum absolute atomic E-state index is 13.5. The largest absolute Gasteiger partial charge is 0.345 e.